The monoisotopic (exact) mass is 176 g/mol. The fraction of sp³-hybridized carbons (Fsp3) is 0. The summed E-state index contributed by atoms with van der Waals surface area (Å²) in [7, 11) is 0. The van der Waals surface area contributed by atoms with E-state index in [0.29, 0.717) is 0 Å². The van der Waals surface area contributed by atoms with Gasteiger partial charge in [0.25, 0.3) is 0 Å². The van der Waals surface area contributed by atoms with Gasteiger partial charge in [-0.3, -0.25) is 4.98 Å². The third kappa shape index (κ3) is 7.52. The zero-order valence-corrected chi connectivity index (χ0v) is 5.46. The number of hydrogen-bond donors (Lipinski definition) is 0. The molecule has 53 valence electrons. The molecule has 1 nitrogen and oxygen atoms in total. The Morgan fingerprint density at radius 3 is 1.56 bits per heavy atom. The molecule has 1 heterocycles. The first-order valence-electron chi connectivity index (χ1n) is 2.10. The minimum absolute atomic E-state index is 1.56. The molecular weight excluding hydrogens is 171 g/mol. The van der Waals surface area contributed by atoms with Crippen molar-refractivity contribution in [2.45, 2.75) is 0 Å². The van der Waals surface area contributed by atoms with E-state index in [-0.39, 0.29) is 0 Å². The fourth-order valence-electron chi connectivity index (χ4n) is 0.313. The molecule has 0 aliphatic rings. The molecule has 0 aliphatic heterocycles. The molecule has 0 saturated carbocycles. The molecule has 0 aliphatic carbocycles. The molecule has 0 atom stereocenters. The maximum atomic E-state index is 9.59. The number of halogens is 2. The molecule has 1 aromatic heterocycles. The molecule has 9 heavy (non-hydrogen) atoms. The van der Waals surface area contributed by atoms with Crippen LogP contribution in [0.5, 0.6) is 0 Å². The van der Waals surface area contributed by atoms with Crippen LogP contribution in [0.15, 0.2) is 30.6 Å². The molecule has 0 spiro atoms. The van der Waals surface area contributed by atoms with Crippen molar-refractivity contribution in [3.8, 4) is 0 Å². The van der Waals surface area contributed by atoms with Crippen LogP contribution in [-0.2, 0) is 15.6 Å². The van der Waals surface area contributed by atoms with E-state index in [1.54, 1.807) is 12.4 Å². The normalized spacial score (nSPS) is 7.78. The summed E-state index contributed by atoms with van der Waals surface area (Å²) in [5.74, 6) is 0. The predicted molar refractivity (Wildman–Crippen MR) is 26.5 cm³/mol. The molecular formula is C5H5CoF2N. The average molecular weight is 176 g/mol. The van der Waals surface area contributed by atoms with Crippen molar-refractivity contribution in [3.63, 3.8) is 0 Å². The molecule has 0 fully saturated rings. The van der Waals surface area contributed by atoms with Crippen LogP contribution in [0.25, 0.3) is 0 Å². The number of hydrogen-bond acceptors (Lipinski definition) is 1. The van der Waals surface area contributed by atoms with E-state index in [9.17, 15) is 7.16 Å². The van der Waals surface area contributed by atoms with Crippen molar-refractivity contribution in [1.82, 2.24) is 4.98 Å². The second-order valence-electron chi connectivity index (χ2n) is 1.07. The summed E-state index contributed by atoms with van der Waals surface area (Å²) in [6, 6.07) is 5.72. The smallest absolute Gasteiger partial charge is 0.0267 e. The van der Waals surface area contributed by atoms with Crippen molar-refractivity contribution in [2.75, 3.05) is 0 Å². The number of rotatable bonds is 0. The minimum Gasteiger partial charge on any atom is -0.265 e. The molecule has 0 amide bonds. The van der Waals surface area contributed by atoms with Gasteiger partial charge in [0.15, 0.2) is 0 Å². The van der Waals surface area contributed by atoms with Gasteiger partial charge in [-0.15, -0.1) is 0 Å². The summed E-state index contributed by atoms with van der Waals surface area (Å²) in [5.41, 5.74) is 0. The van der Waals surface area contributed by atoms with Gasteiger partial charge in [-0.2, -0.15) is 0 Å². The first kappa shape index (κ1) is 8.52. The Labute approximate surface area is 59.0 Å². The maximum Gasteiger partial charge on any atom is 0.0267 e. The van der Waals surface area contributed by atoms with E-state index in [0.717, 1.165) is 0 Å². The minimum atomic E-state index is -1.56. The van der Waals surface area contributed by atoms with E-state index in [1.165, 1.54) is 0 Å². The largest absolute Gasteiger partial charge is 0.265 e. The Morgan fingerprint density at radius 2 is 1.44 bits per heavy atom. The summed E-state index contributed by atoms with van der Waals surface area (Å²) in [6.07, 6.45) is 3.50. The molecule has 0 unspecified atom stereocenters. The Morgan fingerprint density at radius 1 is 1.00 bits per heavy atom. The zero-order chi connectivity index (χ0) is 6.95. The van der Waals surface area contributed by atoms with Gasteiger partial charge in [0, 0.05) is 12.4 Å². The van der Waals surface area contributed by atoms with Gasteiger partial charge in [-0.1, -0.05) is 6.07 Å². The quantitative estimate of drug-likeness (QED) is 0.588. The van der Waals surface area contributed by atoms with Crippen LogP contribution in [0, 0.1) is 0 Å². The molecule has 0 saturated heterocycles. The van der Waals surface area contributed by atoms with Crippen molar-refractivity contribution in [1.29, 1.82) is 0 Å². The van der Waals surface area contributed by atoms with E-state index >= 15 is 0 Å². The average Bonchev–Trinajstić information content (AvgIpc) is 1.93. The van der Waals surface area contributed by atoms with Gasteiger partial charge < -0.3 is 0 Å². The summed E-state index contributed by atoms with van der Waals surface area (Å²) in [5, 5.41) is 0. The van der Waals surface area contributed by atoms with Crippen LogP contribution in [0.2, 0.25) is 0 Å². The van der Waals surface area contributed by atoms with Crippen LogP contribution in [0.4, 0.5) is 7.16 Å². The standard InChI is InChI=1S/C5H5N.Co.2FH/c1-2-4-6-5-3-1;;;/h1-5H;;2*1H/q;+2;;/p-2. The van der Waals surface area contributed by atoms with Gasteiger partial charge in [-0.05, 0) is 12.1 Å². The van der Waals surface area contributed by atoms with E-state index in [2.05, 4.69) is 4.98 Å². The Bertz CT molecular complexity index is 97.8. The molecule has 1 aromatic rings. The van der Waals surface area contributed by atoms with Crippen molar-refractivity contribution < 1.29 is 22.8 Å². The Balaban J connectivity index is 0.000000187. The Kier molecular flexibility index (Phi) is 7.11. The number of nitrogens with zero attached hydrogens (tertiary/aromatic N) is 1. The number of aromatic nitrogens is 1. The molecule has 1 rings (SSSR count). The molecule has 4 heteroatoms. The van der Waals surface area contributed by atoms with Crippen molar-refractivity contribution >= 4 is 0 Å². The summed E-state index contributed by atoms with van der Waals surface area (Å²) in [4.78, 5) is 3.78. The first-order chi connectivity index (χ1) is 4.41. The van der Waals surface area contributed by atoms with Crippen molar-refractivity contribution in [2.24, 2.45) is 0 Å². The van der Waals surface area contributed by atoms with Crippen LogP contribution in [-0.4, -0.2) is 4.98 Å². The van der Waals surface area contributed by atoms with Gasteiger partial charge in [-0.25, -0.2) is 0 Å². The third-order valence-corrected chi connectivity index (χ3v) is 0.566. The number of pyridine rings is 1. The second-order valence-corrected chi connectivity index (χ2v) is 1.22. The van der Waals surface area contributed by atoms with Crippen LogP contribution in [0.3, 0.4) is 0 Å². The summed E-state index contributed by atoms with van der Waals surface area (Å²) >= 11 is -1.56. The van der Waals surface area contributed by atoms with E-state index in [4.69, 9.17) is 0 Å². The van der Waals surface area contributed by atoms with Gasteiger partial charge in [0.1, 0.15) is 0 Å². The van der Waals surface area contributed by atoms with Crippen LogP contribution < -0.4 is 0 Å². The summed E-state index contributed by atoms with van der Waals surface area (Å²) < 4.78 is 19.2. The van der Waals surface area contributed by atoms with Gasteiger partial charge >= 0.3 is 22.8 Å². The molecule has 0 aromatic carbocycles. The molecule has 0 bridgehead atoms. The zero-order valence-electron chi connectivity index (χ0n) is 4.42. The molecule has 0 radical (unpaired) electrons. The maximum absolute atomic E-state index is 9.59. The molecule has 0 N–H and O–H groups in total. The van der Waals surface area contributed by atoms with Gasteiger partial charge in [0.05, 0.1) is 0 Å². The van der Waals surface area contributed by atoms with Crippen LogP contribution in [0.1, 0.15) is 0 Å². The van der Waals surface area contributed by atoms with E-state index in [1.807, 2.05) is 18.2 Å². The van der Waals surface area contributed by atoms with Crippen molar-refractivity contribution in [3.05, 3.63) is 30.6 Å². The SMILES string of the molecule is [F][Co][F].c1ccncc1. The van der Waals surface area contributed by atoms with Crippen LogP contribution >= 0.6 is 0 Å². The van der Waals surface area contributed by atoms with Gasteiger partial charge in [0.2, 0.25) is 0 Å². The Hall–Kier alpha value is -0.484. The summed E-state index contributed by atoms with van der Waals surface area (Å²) in [6.45, 7) is 0. The fourth-order valence-corrected chi connectivity index (χ4v) is 0.313. The first-order valence-corrected chi connectivity index (χ1v) is 2.89. The third-order valence-electron chi connectivity index (χ3n) is 0.566. The second kappa shape index (κ2) is 7.52. The van der Waals surface area contributed by atoms with E-state index < -0.39 is 15.6 Å². The predicted octanol–water partition coefficient (Wildman–Crippen LogP) is 1.92. The topological polar surface area (TPSA) is 12.9 Å².